The van der Waals surface area contributed by atoms with Crippen LogP contribution in [-0.4, -0.2) is 36.3 Å². The Hall–Kier alpha value is -1.75. The van der Waals surface area contributed by atoms with Gasteiger partial charge in [0, 0.05) is 29.9 Å². The highest BCUT2D eigenvalue weighted by Gasteiger charge is 2.19. The second kappa shape index (κ2) is 6.43. The van der Waals surface area contributed by atoms with Crippen molar-refractivity contribution >= 4 is 29.1 Å². The Labute approximate surface area is 117 Å². The minimum absolute atomic E-state index is 0.147. The first-order valence-electron chi connectivity index (χ1n) is 5.97. The summed E-state index contributed by atoms with van der Waals surface area (Å²) in [4.78, 5) is 25.4. The molecule has 0 radical (unpaired) electrons. The van der Waals surface area contributed by atoms with E-state index in [1.54, 1.807) is 20.0 Å². The number of rotatable bonds is 4. The van der Waals surface area contributed by atoms with Gasteiger partial charge in [-0.3, -0.25) is 9.59 Å². The first-order valence-corrected chi connectivity index (χ1v) is 6.34. The number of nitrogens with zero attached hydrogens (tertiary/aromatic N) is 1. The predicted octanol–water partition coefficient (Wildman–Crippen LogP) is 1.52. The Balaban J connectivity index is 2.77. The van der Waals surface area contributed by atoms with Gasteiger partial charge in [-0.1, -0.05) is 11.6 Å². The van der Waals surface area contributed by atoms with Crippen molar-refractivity contribution in [1.29, 1.82) is 0 Å². The smallest absolute Gasteiger partial charge is 0.252 e. The van der Waals surface area contributed by atoms with Crippen LogP contribution in [0.25, 0.3) is 0 Å². The summed E-state index contributed by atoms with van der Waals surface area (Å²) < 4.78 is 0. The molecule has 104 valence electrons. The molecule has 1 aromatic carbocycles. The van der Waals surface area contributed by atoms with E-state index in [0.29, 0.717) is 22.8 Å². The third-order valence-corrected chi connectivity index (χ3v) is 2.97. The van der Waals surface area contributed by atoms with Gasteiger partial charge in [0.05, 0.1) is 0 Å². The molecular formula is C13H18ClN3O2. The van der Waals surface area contributed by atoms with E-state index in [0.717, 1.165) is 0 Å². The quantitative estimate of drug-likeness (QED) is 0.823. The lowest BCUT2D eigenvalue weighted by atomic mass is 10.1. The van der Waals surface area contributed by atoms with Gasteiger partial charge in [-0.2, -0.15) is 0 Å². The SMILES string of the molecule is CCN(C)C(=O)C(C)NC(=O)c1cc(N)cc(Cl)c1. The molecule has 0 fully saturated rings. The maximum absolute atomic E-state index is 12.0. The van der Waals surface area contributed by atoms with E-state index in [1.807, 2.05) is 6.92 Å². The molecule has 0 aliphatic heterocycles. The van der Waals surface area contributed by atoms with Crippen molar-refractivity contribution in [3.63, 3.8) is 0 Å². The first-order chi connectivity index (χ1) is 8.85. The van der Waals surface area contributed by atoms with Crippen molar-refractivity contribution in [3.05, 3.63) is 28.8 Å². The van der Waals surface area contributed by atoms with Crippen LogP contribution in [0.5, 0.6) is 0 Å². The van der Waals surface area contributed by atoms with Crippen LogP contribution in [0.2, 0.25) is 5.02 Å². The highest BCUT2D eigenvalue weighted by Crippen LogP contribution is 2.16. The van der Waals surface area contributed by atoms with Gasteiger partial charge in [-0.05, 0) is 32.0 Å². The normalized spacial score (nSPS) is 11.8. The van der Waals surface area contributed by atoms with Crippen LogP contribution in [0.15, 0.2) is 18.2 Å². The number of amides is 2. The molecule has 0 aliphatic carbocycles. The first kappa shape index (κ1) is 15.3. The zero-order valence-corrected chi connectivity index (χ0v) is 12.0. The van der Waals surface area contributed by atoms with Crippen LogP contribution in [0.1, 0.15) is 24.2 Å². The van der Waals surface area contributed by atoms with Gasteiger partial charge in [0.2, 0.25) is 5.91 Å². The van der Waals surface area contributed by atoms with Gasteiger partial charge >= 0.3 is 0 Å². The third-order valence-electron chi connectivity index (χ3n) is 2.75. The van der Waals surface area contributed by atoms with Crippen molar-refractivity contribution in [2.24, 2.45) is 0 Å². The van der Waals surface area contributed by atoms with E-state index < -0.39 is 6.04 Å². The summed E-state index contributed by atoms with van der Waals surface area (Å²) >= 11 is 5.83. The molecule has 3 N–H and O–H groups in total. The van der Waals surface area contributed by atoms with Gasteiger partial charge in [-0.15, -0.1) is 0 Å². The molecule has 0 spiro atoms. The monoisotopic (exact) mass is 283 g/mol. The number of nitrogens with two attached hydrogens (primary N) is 1. The molecule has 6 heteroatoms. The molecule has 0 saturated carbocycles. The molecule has 2 amide bonds. The van der Waals surface area contributed by atoms with Gasteiger partial charge in [0.15, 0.2) is 0 Å². The summed E-state index contributed by atoms with van der Waals surface area (Å²) in [5.74, 6) is -0.523. The van der Waals surface area contributed by atoms with Gasteiger partial charge < -0.3 is 16.0 Å². The molecular weight excluding hydrogens is 266 g/mol. The minimum Gasteiger partial charge on any atom is -0.399 e. The fourth-order valence-corrected chi connectivity index (χ4v) is 1.82. The number of nitrogens with one attached hydrogen (secondary N) is 1. The number of nitrogen functional groups attached to an aromatic ring is 1. The van der Waals surface area contributed by atoms with E-state index in [9.17, 15) is 9.59 Å². The fourth-order valence-electron chi connectivity index (χ4n) is 1.57. The highest BCUT2D eigenvalue weighted by molar-refractivity contribution is 6.31. The second-order valence-electron chi connectivity index (χ2n) is 4.32. The number of hydrogen-bond acceptors (Lipinski definition) is 3. The van der Waals surface area contributed by atoms with E-state index in [2.05, 4.69) is 5.32 Å². The lowest BCUT2D eigenvalue weighted by Gasteiger charge is -2.20. The van der Waals surface area contributed by atoms with Gasteiger partial charge in [0.25, 0.3) is 5.91 Å². The molecule has 1 aromatic rings. The Morgan fingerprint density at radius 2 is 2.05 bits per heavy atom. The van der Waals surface area contributed by atoms with E-state index in [-0.39, 0.29) is 11.8 Å². The summed E-state index contributed by atoms with van der Waals surface area (Å²) in [6.07, 6.45) is 0. The lowest BCUT2D eigenvalue weighted by Crippen LogP contribution is -2.45. The molecule has 5 nitrogen and oxygen atoms in total. The molecule has 1 atom stereocenters. The van der Waals surface area contributed by atoms with Crippen LogP contribution in [0, 0.1) is 0 Å². The standard InChI is InChI=1S/C13H18ClN3O2/c1-4-17(3)13(19)8(2)16-12(18)9-5-10(14)7-11(15)6-9/h5-8H,4,15H2,1-3H3,(H,16,18). The molecule has 0 aliphatic rings. The zero-order chi connectivity index (χ0) is 14.6. The summed E-state index contributed by atoms with van der Waals surface area (Å²) in [5, 5.41) is 3.01. The number of carbonyl (C=O) groups excluding carboxylic acids is 2. The van der Waals surface area contributed by atoms with Crippen molar-refractivity contribution in [2.75, 3.05) is 19.3 Å². The van der Waals surface area contributed by atoms with Crippen molar-refractivity contribution in [2.45, 2.75) is 19.9 Å². The van der Waals surface area contributed by atoms with E-state index in [1.165, 1.54) is 17.0 Å². The molecule has 0 bridgehead atoms. The van der Waals surface area contributed by atoms with Crippen molar-refractivity contribution in [3.8, 4) is 0 Å². The maximum atomic E-state index is 12.0. The minimum atomic E-state index is -0.599. The van der Waals surface area contributed by atoms with Gasteiger partial charge in [-0.25, -0.2) is 0 Å². The molecule has 19 heavy (non-hydrogen) atoms. The predicted molar refractivity (Wildman–Crippen MR) is 76.1 cm³/mol. The highest BCUT2D eigenvalue weighted by atomic mass is 35.5. The van der Waals surface area contributed by atoms with Crippen LogP contribution >= 0.6 is 11.6 Å². The summed E-state index contributed by atoms with van der Waals surface area (Å²) in [6.45, 7) is 4.09. The number of carbonyl (C=O) groups is 2. The Morgan fingerprint density at radius 3 is 2.58 bits per heavy atom. The number of anilines is 1. The maximum Gasteiger partial charge on any atom is 0.252 e. The van der Waals surface area contributed by atoms with Crippen LogP contribution < -0.4 is 11.1 Å². The summed E-state index contributed by atoms with van der Waals surface area (Å²) in [7, 11) is 1.68. The second-order valence-corrected chi connectivity index (χ2v) is 4.76. The van der Waals surface area contributed by atoms with Gasteiger partial charge in [0.1, 0.15) is 6.04 Å². The largest absolute Gasteiger partial charge is 0.399 e. The third kappa shape index (κ3) is 4.13. The molecule has 1 unspecified atom stereocenters. The molecule has 0 saturated heterocycles. The Morgan fingerprint density at radius 1 is 1.42 bits per heavy atom. The van der Waals surface area contributed by atoms with Crippen molar-refractivity contribution in [1.82, 2.24) is 10.2 Å². The van der Waals surface area contributed by atoms with Crippen LogP contribution in [0.4, 0.5) is 5.69 Å². The topological polar surface area (TPSA) is 75.4 Å². The number of halogens is 1. The average molecular weight is 284 g/mol. The summed E-state index contributed by atoms with van der Waals surface area (Å²) in [5.41, 5.74) is 6.36. The van der Waals surface area contributed by atoms with Crippen LogP contribution in [0.3, 0.4) is 0 Å². The average Bonchev–Trinajstić information content (AvgIpc) is 2.35. The molecule has 1 rings (SSSR count). The van der Waals surface area contributed by atoms with Crippen LogP contribution in [-0.2, 0) is 4.79 Å². The zero-order valence-electron chi connectivity index (χ0n) is 11.2. The van der Waals surface area contributed by atoms with Crippen molar-refractivity contribution < 1.29 is 9.59 Å². The number of hydrogen-bond donors (Lipinski definition) is 2. The lowest BCUT2D eigenvalue weighted by molar-refractivity contribution is -0.131. The number of likely N-dealkylation sites (N-methyl/N-ethyl adjacent to an activating group) is 1. The Kier molecular flexibility index (Phi) is 5.18. The molecule has 0 aromatic heterocycles. The number of benzene rings is 1. The fraction of sp³-hybridized carbons (Fsp3) is 0.385. The summed E-state index contributed by atoms with van der Waals surface area (Å²) in [6, 6.07) is 3.98. The molecule has 0 heterocycles. The Bertz CT molecular complexity index is 471. The van der Waals surface area contributed by atoms with E-state index in [4.69, 9.17) is 17.3 Å². The van der Waals surface area contributed by atoms with E-state index >= 15 is 0 Å².